The Hall–Kier alpha value is -4.33. The van der Waals surface area contributed by atoms with Gasteiger partial charge in [0.05, 0.1) is 39.3 Å². The number of fused-ring (bicyclic) bond motifs is 2. The molecule has 0 aliphatic rings. The summed E-state index contributed by atoms with van der Waals surface area (Å²) in [7, 11) is 0. The van der Waals surface area contributed by atoms with Gasteiger partial charge in [-0.25, -0.2) is 0 Å². The molecule has 7 nitrogen and oxygen atoms in total. The van der Waals surface area contributed by atoms with E-state index in [4.69, 9.17) is 37.8 Å². The largest absolute Gasteiger partial charge is 0.481 e. The number of benzene rings is 4. The van der Waals surface area contributed by atoms with Gasteiger partial charge in [0.1, 0.15) is 11.2 Å². The molecule has 0 fully saturated rings. The van der Waals surface area contributed by atoms with Gasteiger partial charge in [0.2, 0.25) is 5.43 Å². The third kappa shape index (κ3) is 6.28. The monoisotopic (exact) mass is 577 g/mol. The van der Waals surface area contributed by atoms with E-state index in [9.17, 15) is 14.4 Å². The molecule has 5 aromatic rings. The average Bonchev–Trinajstić information content (AvgIpc) is 2.90. The van der Waals surface area contributed by atoms with Crippen molar-refractivity contribution in [2.75, 3.05) is 5.32 Å². The van der Waals surface area contributed by atoms with Crippen molar-refractivity contribution in [3.05, 3.63) is 115 Å². The van der Waals surface area contributed by atoms with Crippen LogP contribution in [0.25, 0.3) is 21.9 Å². The second kappa shape index (κ2) is 12.2. The average molecular weight is 578 g/mol. The van der Waals surface area contributed by atoms with Crippen LogP contribution in [0.15, 0.2) is 82.0 Å². The van der Waals surface area contributed by atoms with Crippen LogP contribution in [0.1, 0.15) is 22.3 Å². The predicted octanol–water partition coefficient (Wildman–Crippen LogP) is 7.55. The van der Waals surface area contributed by atoms with Crippen LogP contribution in [0.3, 0.4) is 0 Å². The van der Waals surface area contributed by atoms with Crippen LogP contribution in [-0.4, -0.2) is 22.2 Å². The molecule has 1 aromatic heterocycles. The van der Waals surface area contributed by atoms with Crippen LogP contribution >= 0.6 is 23.2 Å². The number of hydrogen-bond acceptors (Lipinski definition) is 5. The zero-order chi connectivity index (χ0) is 29.0. The molecule has 0 radical (unpaired) electrons. The van der Waals surface area contributed by atoms with Crippen molar-refractivity contribution in [2.24, 2.45) is 0 Å². The maximum Gasteiger partial charge on any atom is 0.307 e. The number of hydrogen-bond donors (Lipinski definition) is 3. The molecule has 0 unspecified atom stereocenters. The molecule has 0 bridgehead atoms. The number of carboxylic acid groups (broad SMARTS) is 2. The molecule has 0 atom stereocenters. The van der Waals surface area contributed by atoms with E-state index in [-0.39, 0.29) is 18.3 Å². The quantitative estimate of drug-likeness (QED) is 0.178. The molecule has 4 aromatic carbocycles. The molecule has 40 heavy (non-hydrogen) atoms. The minimum absolute atomic E-state index is 0.0642. The molecule has 0 aliphatic heterocycles. The molecule has 5 rings (SSSR count). The predicted molar refractivity (Wildman–Crippen MR) is 158 cm³/mol. The summed E-state index contributed by atoms with van der Waals surface area (Å²) in [5.74, 6) is -1.84. The molecule has 0 saturated heterocycles. The summed E-state index contributed by atoms with van der Waals surface area (Å²) in [6.45, 7) is 3.84. The topological polar surface area (TPSA) is 117 Å². The summed E-state index contributed by atoms with van der Waals surface area (Å²) in [6, 6.07) is 21.0. The van der Waals surface area contributed by atoms with E-state index < -0.39 is 11.9 Å². The fourth-order valence-electron chi connectivity index (χ4n) is 4.25. The van der Waals surface area contributed by atoms with E-state index in [0.717, 1.165) is 11.1 Å². The molecule has 9 heteroatoms. The van der Waals surface area contributed by atoms with Crippen molar-refractivity contribution in [2.45, 2.75) is 26.7 Å². The smallest absolute Gasteiger partial charge is 0.307 e. The molecule has 0 amide bonds. The first-order valence-corrected chi connectivity index (χ1v) is 13.0. The fourth-order valence-corrected chi connectivity index (χ4v) is 4.74. The number of rotatable bonds is 6. The minimum atomic E-state index is -0.953. The first-order valence-electron chi connectivity index (χ1n) is 12.2. The summed E-state index contributed by atoms with van der Waals surface area (Å²) in [5, 5.41) is 22.9. The van der Waals surface area contributed by atoms with E-state index in [0.29, 0.717) is 54.5 Å². The number of aliphatic carboxylic acids is 2. The van der Waals surface area contributed by atoms with Gasteiger partial charge in [-0.05, 0) is 60.9 Å². The van der Waals surface area contributed by atoms with Gasteiger partial charge >= 0.3 is 11.9 Å². The Labute approximate surface area is 239 Å². The number of nitrogens with one attached hydrogen (secondary N) is 1. The maximum absolute atomic E-state index is 12.6. The molecule has 0 saturated carbocycles. The number of halogens is 2. The standard InChI is InChI=1S/C17H14O4.C14H11Cl2NO2/c1-9-6-7-13-15(20)12-5-3-4-11(8-14(18)19)17(12)21-16(13)10(9)2;15-10-5-3-6-11(16)14(10)17-12-7-2-1-4-9(12)8-13(18)19/h3-7H,8H2,1-2H3,(H,18,19);1-7,17H,8H2,(H,18,19). The second-order valence-electron chi connectivity index (χ2n) is 9.13. The van der Waals surface area contributed by atoms with E-state index in [1.54, 1.807) is 60.7 Å². The summed E-state index contributed by atoms with van der Waals surface area (Å²) >= 11 is 12.1. The number of carbonyl (C=O) groups is 2. The highest BCUT2D eigenvalue weighted by Gasteiger charge is 2.15. The van der Waals surface area contributed by atoms with Crippen LogP contribution in [0, 0.1) is 13.8 Å². The van der Waals surface area contributed by atoms with Crippen molar-refractivity contribution >= 4 is 68.5 Å². The highest BCUT2D eigenvalue weighted by Crippen LogP contribution is 2.33. The molecule has 3 N–H and O–H groups in total. The van der Waals surface area contributed by atoms with Crippen LogP contribution in [0.5, 0.6) is 0 Å². The van der Waals surface area contributed by atoms with Gasteiger partial charge in [0.25, 0.3) is 0 Å². The number of anilines is 2. The lowest BCUT2D eigenvalue weighted by molar-refractivity contribution is -0.137. The Morgan fingerprint density at radius 1 is 0.750 bits per heavy atom. The number of para-hydroxylation sites is 3. The number of carboxylic acids is 2. The van der Waals surface area contributed by atoms with Crippen LogP contribution < -0.4 is 10.7 Å². The van der Waals surface area contributed by atoms with E-state index in [2.05, 4.69) is 5.32 Å². The Balaban J connectivity index is 0.000000186. The first kappa shape index (κ1) is 28.7. The fraction of sp³-hybridized carbons (Fsp3) is 0.129. The van der Waals surface area contributed by atoms with Gasteiger partial charge in [-0.2, -0.15) is 0 Å². The van der Waals surface area contributed by atoms with E-state index in [1.165, 1.54) is 0 Å². The van der Waals surface area contributed by atoms with E-state index >= 15 is 0 Å². The van der Waals surface area contributed by atoms with Crippen molar-refractivity contribution in [1.29, 1.82) is 0 Å². The molecule has 0 aliphatic carbocycles. The van der Waals surface area contributed by atoms with Crippen LogP contribution in [0.4, 0.5) is 11.4 Å². The van der Waals surface area contributed by atoms with Gasteiger partial charge in [-0.15, -0.1) is 0 Å². The zero-order valence-electron chi connectivity index (χ0n) is 21.6. The number of aryl methyl sites for hydroxylation is 2. The van der Waals surface area contributed by atoms with Crippen molar-refractivity contribution < 1.29 is 24.2 Å². The lowest BCUT2D eigenvalue weighted by Gasteiger charge is -2.13. The zero-order valence-corrected chi connectivity index (χ0v) is 23.1. The minimum Gasteiger partial charge on any atom is -0.481 e. The Kier molecular flexibility index (Phi) is 8.77. The van der Waals surface area contributed by atoms with Gasteiger partial charge in [-0.1, -0.05) is 65.7 Å². The Morgan fingerprint density at radius 3 is 2.00 bits per heavy atom. The Bertz CT molecular complexity index is 1790. The molecule has 1 heterocycles. The summed E-state index contributed by atoms with van der Waals surface area (Å²) in [5.41, 5.74) is 5.14. The molecule has 204 valence electrons. The summed E-state index contributed by atoms with van der Waals surface area (Å²) in [4.78, 5) is 34.4. The first-order chi connectivity index (χ1) is 19.1. The van der Waals surface area contributed by atoms with Gasteiger partial charge in [0, 0.05) is 11.3 Å². The van der Waals surface area contributed by atoms with Gasteiger partial charge in [-0.3, -0.25) is 14.4 Å². The lowest BCUT2D eigenvalue weighted by atomic mass is 10.0. The van der Waals surface area contributed by atoms with Gasteiger partial charge in [0.15, 0.2) is 0 Å². The van der Waals surface area contributed by atoms with Crippen molar-refractivity contribution in [1.82, 2.24) is 0 Å². The SMILES string of the molecule is Cc1ccc2c(=O)c3cccc(CC(=O)O)c3oc2c1C.O=C(O)Cc1ccccc1Nc1c(Cl)cccc1Cl. The van der Waals surface area contributed by atoms with Crippen LogP contribution in [-0.2, 0) is 22.4 Å². The van der Waals surface area contributed by atoms with Crippen LogP contribution in [0.2, 0.25) is 10.0 Å². The lowest BCUT2D eigenvalue weighted by Crippen LogP contribution is -2.06. The highest BCUT2D eigenvalue weighted by molar-refractivity contribution is 6.39. The van der Waals surface area contributed by atoms with E-state index in [1.807, 2.05) is 26.0 Å². The van der Waals surface area contributed by atoms with Gasteiger partial charge < -0.3 is 19.9 Å². The van der Waals surface area contributed by atoms with Crippen molar-refractivity contribution in [3.63, 3.8) is 0 Å². The highest BCUT2D eigenvalue weighted by atomic mass is 35.5. The third-order valence-corrected chi connectivity index (χ3v) is 7.02. The normalized spacial score (nSPS) is 10.7. The summed E-state index contributed by atoms with van der Waals surface area (Å²) < 4.78 is 5.91. The molecular formula is C31H25Cl2NO6. The molecule has 0 spiro atoms. The molecular weight excluding hydrogens is 553 g/mol. The van der Waals surface area contributed by atoms with Crippen molar-refractivity contribution in [3.8, 4) is 0 Å². The summed E-state index contributed by atoms with van der Waals surface area (Å²) in [6.07, 6.45) is -0.234. The third-order valence-electron chi connectivity index (χ3n) is 6.39. The maximum atomic E-state index is 12.6. The Morgan fingerprint density at radius 2 is 1.32 bits per heavy atom. The second-order valence-corrected chi connectivity index (χ2v) is 9.94.